The Morgan fingerprint density at radius 2 is 1.80 bits per heavy atom. The summed E-state index contributed by atoms with van der Waals surface area (Å²) >= 11 is 0. The maximum Gasteiger partial charge on any atom is 0.291 e. The standard InChI is InChI=1S/C29H25N7O5/c1-5-35-25-20(13-15(2)32-24(25)27(38)33-21-8-6-7-19(16(21)3)26(31)37)28(39)36(35)18-11-9-17(10-12-18)23-22(14-30)41-34(4)29(23)40/h6-13H,5H2,1-4H3,(H2,31,37)(H,33,38). The monoisotopic (exact) mass is 551 g/mol. The second-order valence-electron chi connectivity index (χ2n) is 9.39. The summed E-state index contributed by atoms with van der Waals surface area (Å²) in [7, 11) is 1.42. The van der Waals surface area contributed by atoms with Crippen molar-refractivity contribution in [1.82, 2.24) is 19.1 Å². The number of aryl methyl sites for hydroxylation is 3. The molecule has 3 aromatic heterocycles. The van der Waals surface area contributed by atoms with Crippen LogP contribution in [0.3, 0.4) is 0 Å². The number of pyridine rings is 1. The molecule has 0 saturated heterocycles. The molecule has 12 nitrogen and oxygen atoms in total. The van der Waals surface area contributed by atoms with Gasteiger partial charge in [0.15, 0.2) is 5.69 Å². The van der Waals surface area contributed by atoms with E-state index in [9.17, 15) is 24.4 Å². The summed E-state index contributed by atoms with van der Waals surface area (Å²) in [5.74, 6) is -1.29. The number of carbonyl (C=O) groups excluding carboxylic acids is 2. The summed E-state index contributed by atoms with van der Waals surface area (Å²) < 4.78 is 9.26. The van der Waals surface area contributed by atoms with Gasteiger partial charge in [0.1, 0.15) is 17.1 Å². The third kappa shape index (κ3) is 4.39. The molecule has 3 heterocycles. The number of fused-ring (bicyclic) bond motifs is 1. The topological polar surface area (TPSA) is 171 Å². The Morgan fingerprint density at radius 1 is 1.10 bits per heavy atom. The van der Waals surface area contributed by atoms with Crippen molar-refractivity contribution in [3.63, 3.8) is 0 Å². The zero-order valence-electron chi connectivity index (χ0n) is 22.7. The van der Waals surface area contributed by atoms with Crippen molar-refractivity contribution in [3.8, 4) is 22.9 Å². The maximum absolute atomic E-state index is 13.7. The number of hydrogen-bond donors (Lipinski definition) is 2. The number of nitrogens with one attached hydrogen (secondary N) is 1. The van der Waals surface area contributed by atoms with E-state index < -0.39 is 17.4 Å². The quantitative estimate of drug-likeness (QED) is 0.326. The maximum atomic E-state index is 13.7. The van der Waals surface area contributed by atoms with E-state index in [0.717, 1.165) is 4.74 Å². The van der Waals surface area contributed by atoms with Gasteiger partial charge >= 0.3 is 0 Å². The first kappa shape index (κ1) is 26.9. The fourth-order valence-electron chi connectivity index (χ4n) is 4.93. The molecular weight excluding hydrogens is 526 g/mol. The van der Waals surface area contributed by atoms with E-state index in [4.69, 9.17) is 10.3 Å². The minimum Gasteiger partial charge on any atom is -0.366 e. The predicted octanol–water partition coefficient (Wildman–Crippen LogP) is 3.01. The zero-order valence-corrected chi connectivity index (χ0v) is 22.7. The van der Waals surface area contributed by atoms with E-state index in [1.165, 1.54) is 11.7 Å². The minimum absolute atomic E-state index is 0.0405. The number of nitriles is 1. The minimum atomic E-state index is -0.616. The van der Waals surface area contributed by atoms with Crippen LogP contribution in [0.15, 0.2) is 62.6 Å². The third-order valence-electron chi connectivity index (χ3n) is 6.86. The molecular formula is C29H25N7O5. The molecule has 0 saturated carbocycles. The lowest BCUT2D eigenvalue weighted by molar-refractivity contribution is 0.0995. The summed E-state index contributed by atoms with van der Waals surface area (Å²) in [6.45, 7) is 5.52. The third-order valence-corrected chi connectivity index (χ3v) is 6.86. The van der Waals surface area contributed by atoms with Crippen LogP contribution < -0.4 is 22.2 Å². The van der Waals surface area contributed by atoms with Gasteiger partial charge in [0, 0.05) is 30.5 Å². The highest BCUT2D eigenvalue weighted by Gasteiger charge is 2.24. The van der Waals surface area contributed by atoms with E-state index in [1.807, 2.05) is 13.0 Å². The molecule has 0 unspecified atom stereocenters. The number of aromatic nitrogens is 4. The first-order valence-corrected chi connectivity index (χ1v) is 12.6. The average molecular weight is 552 g/mol. The highest BCUT2D eigenvalue weighted by atomic mass is 16.5. The number of hydrogen-bond acceptors (Lipinski definition) is 7. The first-order chi connectivity index (χ1) is 19.6. The molecule has 0 spiro atoms. The van der Waals surface area contributed by atoms with Gasteiger partial charge in [-0.1, -0.05) is 18.2 Å². The van der Waals surface area contributed by atoms with Crippen molar-refractivity contribution in [2.75, 3.05) is 5.32 Å². The number of primary amides is 1. The van der Waals surface area contributed by atoms with E-state index in [1.54, 1.807) is 67.1 Å². The molecule has 5 rings (SSSR count). The summed E-state index contributed by atoms with van der Waals surface area (Å²) in [5, 5.41) is 12.5. The van der Waals surface area contributed by atoms with Gasteiger partial charge < -0.3 is 15.6 Å². The van der Waals surface area contributed by atoms with Gasteiger partial charge in [-0.25, -0.2) is 9.67 Å². The Bertz CT molecular complexity index is 2040. The van der Waals surface area contributed by atoms with E-state index in [0.29, 0.717) is 45.6 Å². The number of benzene rings is 2. The van der Waals surface area contributed by atoms with Gasteiger partial charge in [0.25, 0.3) is 17.0 Å². The van der Waals surface area contributed by atoms with E-state index in [-0.39, 0.29) is 28.1 Å². The fraction of sp³-hybridized carbons (Fsp3) is 0.172. The van der Waals surface area contributed by atoms with E-state index in [2.05, 4.69) is 10.3 Å². The molecule has 0 radical (unpaired) electrons. The van der Waals surface area contributed by atoms with Gasteiger partial charge in [-0.3, -0.25) is 23.9 Å². The second-order valence-corrected chi connectivity index (χ2v) is 9.39. The van der Waals surface area contributed by atoms with Crippen molar-refractivity contribution in [2.45, 2.75) is 27.3 Å². The van der Waals surface area contributed by atoms with Gasteiger partial charge in [-0.05, 0) is 62.2 Å². The van der Waals surface area contributed by atoms with Crippen molar-refractivity contribution < 1.29 is 14.1 Å². The van der Waals surface area contributed by atoms with Crippen molar-refractivity contribution >= 4 is 28.4 Å². The molecule has 206 valence electrons. The molecule has 0 aliphatic carbocycles. The van der Waals surface area contributed by atoms with Crippen LogP contribution in [0.5, 0.6) is 0 Å². The molecule has 0 atom stereocenters. The highest BCUT2D eigenvalue weighted by molar-refractivity contribution is 6.11. The lowest BCUT2D eigenvalue weighted by Gasteiger charge is -2.14. The number of nitrogens with zero attached hydrogens (tertiary/aromatic N) is 5. The number of rotatable bonds is 6. The van der Waals surface area contributed by atoms with Crippen LogP contribution in [0.25, 0.3) is 27.7 Å². The Labute approximate surface area is 232 Å². The predicted molar refractivity (Wildman–Crippen MR) is 151 cm³/mol. The smallest absolute Gasteiger partial charge is 0.291 e. The van der Waals surface area contributed by atoms with Crippen LogP contribution in [-0.4, -0.2) is 30.9 Å². The van der Waals surface area contributed by atoms with Crippen molar-refractivity contribution in [1.29, 1.82) is 5.26 Å². The SMILES string of the molecule is CCn1c2c(C(=O)Nc3cccc(C(N)=O)c3C)nc(C)cc2c(=O)n1-c1ccc(-c2c(C#N)on(C)c2=O)cc1. The number of nitrogens with two attached hydrogens (primary N) is 1. The Morgan fingerprint density at radius 3 is 2.44 bits per heavy atom. The van der Waals surface area contributed by atoms with Crippen LogP contribution in [0.2, 0.25) is 0 Å². The number of carbonyl (C=O) groups is 2. The van der Waals surface area contributed by atoms with Gasteiger partial charge in [0.2, 0.25) is 11.7 Å². The highest BCUT2D eigenvalue weighted by Crippen LogP contribution is 2.25. The van der Waals surface area contributed by atoms with Crippen LogP contribution >= 0.6 is 0 Å². The Kier molecular flexibility index (Phi) is 6.64. The lowest BCUT2D eigenvalue weighted by Crippen LogP contribution is -2.21. The van der Waals surface area contributed by atoms with Crippen LogP contribution in [0.1, 0.15) is 44.8 Å². The molecule has 2 aromatic carbocycles. The summed E-state index contributed by atoms with van der Waals surface area (Å²) in [6.07, 6.45) is 0. The van der Waals surface area contributed by atoms with E-state index >= 15 is 0 Å². The molecule has 0 aliphatic rings. The normalized spacial score (nSPS) is 11.0. The van der Waals surface area contributed by atoms with Crippen LogP contribution in [-0.2, 0) is 13.6 Å². The summed E-state index contributed by atoms with van der Waals surface area (Å²) in [6, 6.07) is 14.9. The average Bonchev–Trinajstić information content (AvgIpc) is 3.40. The Balaban J connectivity index is 1.63. The van der Waals surface area contributed by atoms with Crippen LogP contribution in [0.4, 0.5) is 5.69 Å². The fourth-order valence-corrected chi connectivity index (χ4v) is 4.93. The zero-order chi connectivity index (χ0) is 29.6. The summed E-state index contributed by atoms with van der Waals surface area (Å²) in [5.41, 5.74) is 7.72. The molecule has 3 N–H and O–H groups in total. The lowest BCUT2D eigenvalue weighted by atomic mass is 10.1. The number of anilines is 1. The molecule has 5 aromatic rings. The summed E-state index contributed by atoms with van der Waals surface area (Å²) in [4.78, 5) is 56.0. The number of amides is 2. The van der Waals surface area contributed by atoms with Crippen LogP contribution in [0, 0.1) is 25.2 Å². The van der Waals surface area contributed by atoms with Gasteiger partial charge in [-0.15, -0.1) is 0 Å². The largest absolute Gasteiger partial charge is 0.366 e. The molecule has 0 fully saturated rings. The molecule has 41 heavy (non-hydrogen) atoms. The van der Waals surface area contributed by atoms with Crippen molar-refractivity contribution in [2.24, 2.45) is 12.8 Å². The van der Waals surface area contributed by atoms with Gasteiger partial charge in [-0.2, -0.15) is 10.0 Å². The molecule has 0 bridgehead atoms. The molecule has 12 heteroatoms. The van der Waals surface area contributed by atoms with Crippen molar-refractivity contribution in [3.05, 3.63) is 97.5 Å². The molecule has 0 aliphatic heterocycles. The Hall–Kier alpha value is -5.70. The molecule has 2 amide bonds. The van der Waals surface area contributed by atoms with Gasteiger partial charge in [0.05, 0.1) is 11.1 Å². The second kappa shape index (κ2) is 10.1. The first-order valence-electron chi connectivity index (χ1n) is 12.6.